The number of carboxylic acid groups (broad SMARTS) is 2. The second kappa shape index (κ2) is 23.7. The molecule has 2 N–H and O–H groups in total. The van der Waals surface area contributed by atoms with Crippen LogP contribution in [0.3, 0.4) is 0 Å². The fraction of sp³-hybridized carbons (Fsp3) is 0.769. The highest BCUT2D eigenvalue weighted by molar-refractivity contribution is 5.85. The van der Waals surface area contributed by atoms with Crippen LogP contribution in [0, 0.1) is 5.92 Å². The van der Waals surface area contributed by atoms with E-state index in [0.29, 0.717) is 17.9 Å². The molecule has 0 aromatic heterocycles. The highest BCUT2D eigenvalue weighted by Crippen LogP contribution is 2.25. The molecule has 0 aliphatic carbocycles. The quantitative estimate of drug-likeness (QED) is 0.153. The average molecular weight is 425 g/mol. The summed E-state index contributed by atoms with van der Waals surface area (Å²) < 4.78 is 0. The Bertz CT molecular complexity index is 442. The van der Waals surface area contributed by atoms with Crippen LogP contribution in [0.4, 0.5) is 0 Å². The van der Waals surface area contributed by atoms with Gasteiger partial charge in [-0.15, -0.1) is 0 Å². The molecule has 0 aliphatic heterocycles. The van der Waals surface area contributed by atoms with Crippen LogP contribution < -0.4 is 0 Å². The predicted octanol–water partition coefficient (Wildman–Crippen LogP) is 8.17. The van der Waals surface area contributed by atoms with Crippen molar-refractivity contribution in [1.82, 2.24) is 0 Å². The summed E-state index contributed by atoms with van der Waals surface area (Å²) in [5.74, 6) is -1.27. The largest absolute Gasteiger partial charge is 0.478 e. The van der Waals surface area contributed by atoms with Crippen LogP contribution in [0.25, 0.3) is 0 Å². The summed E-state index contributed by atoms with van der Waals surface area (Å²) in [6.07, 6.45) is 22.4. The number of carboxylic acids is 2. The molecule has 0 saturated carbocycles. The standard InChI is InChI=1S/C23H44O2.C3H4O2/c1-4-6-8-10-12-13-15-17-19-22(20-21(3)23(24)25)18-16-14-11-9-7-5-2;1-2-3(4)5/h22H,3-20H2,1-2H3,(H,24,25);2H,1H2,(H,4,5). The zero-order valence-electron chi connectivity index (χ0n) is 19.8. The van der Waals surface area contributed by atoms with E-state index in [4.69, 9.17) is 10.2 Å². The molecule has 4 heteroatoms. The summed E-state index contributed by atoms with van der Waals surface area (Å²) in [5, 5.41) is 16.7. The number of hydrogen-bond donors (Lipinski definition) is 2. The SMILES string of the molecule is C=C(CC(CCCCCCCC)CCCCCCCCCC)C(=O)O.C=CC(=O)O. The van der Waals surface area contributed by atoms with E-state index in [2.05, 4.69) is 27.0 Å². The first-order valence-corrected chi connectivity index (χ1v) is 12.1. The lowest BCUT2D eigenvalue weighted by atomic mass is 9.89. The molecule has 0 bridgehead atoms. The van der Waals surface area contributed by atoms with Gasteiger partial charge in [-0.25, -0.2) is 9.59 Å². The van der Waals surface area contributed by atoms with Crippen molar-refractivity contribution in [3.8, 4) is 0 Å². The maximum atomic E-state index is 11.1. The van der Waals surface area contributed by atoms with Gasteiger partial charge in [-0.3, -0.25) is 0 Å². The molecular formula is C26H48O4. The Kier molecular flexibility index (Phi) is 24.2. The van der Waals surface area contributed by atoms with Crippen molar-refractivity contribution < 1.29 is 19.8 Å². The van der Waals surface area contributed by atoms with E-state index in [1.54, 1.807) is 0 Å². The summed E-state index contributed by atoms with van der Waals surface area (Å²) in [4.78, 5) is 20.3. The van der Waals surface area contributed by atoms with E-state index in [1.165, 1.54) is 103 Å². The molecule has 0 aromatic rings. The molecule has 1 unspecified atom stereocenters. The molecule has 4 nitrogen and oxygen atoms in total. The zero-order chi connectivity index (χ0) is 23.0. The topological polar surface area (TPSA) is 74.6 Å². The Morgan fingerprint density at radius 3 is 1.37 bits per heavy atom. The molecule has 0 spiro atoms. The fourth-order valence-electron chi connectivity index (χ4n) is 3.56. The van der Waals surface area contributed by atoms with Gasteiger partial charge in [-0.2, -0.15) is 0 Å². The Labute approximate surface area is 185 Å². The highest BCUT2D eigenvalue weighted by atomic mass is 16.4. The van der Waals surface area contributed by atoms with Crippen molar-refractivity contribution in [1.29, 1.82) is 0 Å². The second-order valence-corrected chi connectivity index (χ2v) is 8.34. The van der Waals surface area contributed by atoms with Gasteiger partial charge in [0, 0.05) is 11.6 Å². The van der Waals surface area contributed by atoms with Gasteiger partial charge in [0.1, 0.15) is 0 Å². The zero-order valence-corrected chi connectivity index (χ0v) is 19.8. The molecule has 176 valence electrons. The maximum absolute atomic E-state index is 11.1. The summed E-state index contributed by atoms with van der Waals surface area (Å²) >= 11 is 0. The molecule has 0 aromatic carbocycles. The van der Waals surface area contributed by atoms with Gasteiger partial charge in [0.2, 0.25) is 0 Å². The van der Waals surface area contributed by atoms with E-state index >= 15 is 0 Å². The van der Waals surface area contributed by atoms with Gasteiger partial charge in [0.05, 0.1) is 0 Å². The van der Waals surface area contributed by atoms with Crippen LogP contribution in [0.5, 0.6) is 0 Å². The van der Waals surface area contributed by atoms with Crippen LogP contribution in [0.15, 0.2) is 24.8 Å². The van der Waals surface area contributed by atoms with Crippen molar-refractivity contribution in [2.45, 2.75) is 123 Å². The Balaban J connectivity index is 0. The van der Waals surface area contributed by atoms with Crippen molar-refractivity contribution in [3.05, 3.63) is 24.8 Å². The molecule has 0 rings (SSSR count). The maximum Gasteiger partial charge on any atom is 0.330 e. The van der Waals surface area contributed by atoms with Crippen molar-refractivity contribution in [2.24, 2.45) is 5.92 Å². The lowest BCUT2D eigenvalue weighted by molar-refractivity contribution is -0.133. The van der Waals surface area contributed by atoms with E-state index in [0.717, 1.165) is 6.08 Å². The van der Waals surface area contributed by atoms with E-state index in [1.807, 2.05) is 0 Å². The lowest BCUT2D eigenvalue weighted by Crippen LogP contribution is -2.08. The number of aliphatic carboxylic acids is 2. The summed E-state index contributed by atoms with van der Waals surface area (Å²) in [6.45, 7) is 11.2. The number of hydrogen-bond acceptors (Lipinski definition) is 2. The number of carbonyl (C=O) groups is 2. The van der Waals surface area contributed by atoms with Crippen LogP contribution in [-0.4, -0.2) is 22.2 Å². The monoisotopic (exact) mass is 424 g/mol. The third-order valence-corrected chi connectivity index (χ3v) is 5.44. The second-order valence-electron chi connectivity index (χ2n) is 8.34. The van der Waals surface area contributed by atoms with E-state index in [-0.39, 0.29) is 0 Å². The van der Waals surface area contributed by atoms with Crippen LogP contribution in [0.2, 0.25) is 0 Å². The average Bonchev–Trinajstić information content (AvgIpc) is 2.72. The minimum Gasteiger partial charge on any atom is -0.478 e. The Morgan fingerprint density at radius 1 is 0.733 bits per heavy atom. The summed E-state index contributed by atoms with van der Waals surface area (Å²) in [6, 6.07) is 0. The smallest absolute Gasteiger partial charge is 0.330 e. The Hall–Kier alpha value is -1.58. The first kappa shape index (κ1) is 30.6. The number of unbranched alkanes of at least 4 members (excludes halogenated alkanes) is 12. The third kappa shape index (κ3) is 24.5. The van der Waals surface area contributed by atoms with Gasteiger partial charge in [-0.1, -0.05) is 130 Å². The number of rotatable bonds is 20. The lowest BCUT2D eigenvalue weighted by Gasteiger charge is -2.17. The van der Waals surface area contributed by atoms with Gasteiger partial charge in [0.25, 0.3) is 0 Å². The minimum absolute atomic E-state index is 0.399. The van der Waals surface area contributed by atoms with Gasteiger partial charge in [0.15, 0.2) is 0 Å². The molecule has 1 atom stereocenters. The van der Waals surface area contributed by atoms with Crippen molar-refractivity contribution in [2.75, 3.05) is 0 Å². The van der Waals surface area contributed by atoms with Gasteiger partial charge < -0.3 is 10.2 Å². The molecule has 30 heavy (non-hydrogen) atoms. The van der Waals surface area contributed by atoms with Crippen molar-refractivity contribution in [3.63, 3.8) is 0 Å². The molecule has 0 heterocycles. The molecule has 0 aliphatic rings. The van der Waals surface area contributed by atoms with Gasteiger partial charge >= 0.3 is 11.9 Å². The van der Waals surface area contributed by atoms with Crippen LogP contribution in [0.1, 0.15) is 123 Å². The predicted molar refractivity (Wildman–Crippen MR) is 128 cm³/mol. The molecule has 0 radical (unpaired) electrons. The highest BCUT2D eigenvalue weighted by Gasteiger charge is 2.14. The molecular weight excluding hydrogens is 376 g/mol. The first-order chi connectivity index (χ1) is 14.4. The summed E-state index contributed by atoms with van der Waals surface area (Å²) in [7, 11) is 0. The summed E-state index contributed by atoms with van der Waals surface area (Å²) in [5.41, 5.74) is 0.399. The normalized spacial score (nSPS) is 11.3. The molecule has 0 fully saturated rings. The van der Waals surface area contributed by atoms with Crippen LogP contribution >= 0.6 is 0 Å². The fourth-order valence-corrected chi connectivity index (χ4v) is 3.56. The Morgan fingerprint density at radius 2 is 1.07 bits per heavy atom. The van der Waals surface area contributed by atoms with Crippen LogP contribution in [-0.2, 0) is 9.59 Å². The van der Waals surface area contributed by atoms with Crippen molar-refractivity contribution >= 4 is 11.9 Å². The first-order valence-electron chi connectivity index (χ1n) is 12.1. The van der Waals surface area contributed by atoms with E-state index in [9.17, 15) is 9.59 Å². The van der Waals surface area contributed by atoms with Gasteiger partial charge in [-0.05, 0) is 12.3 Å². The molecule has 0 saturated heterocycles. The minimum atomic E-state index is -0.981. The van der Waals surface area contributed by atoms with E-state index < -0.39 is 11.9 Å². The third-order valence-electron chi connectivity index (χ3n) is 5.44. The molecule has 0 amide bonds.